The van der Waals surface area contributed by atoms with E-state index in [-0.39, 0.29) is 36.6 Å². The molecule has 1 amide bonds. The lowest BCUT2D eigenvalue weighted by Gasteiger charge is -2.37. The van der Waals surface area contributed by atoms with Crippen LogP contribution in [0.5, 0.6) is 11.5 Å². The molecule has 5 rings (SSSR count). The van der Waals surface area contributed by atoms with Crippen molar-refractivity contribution in [3.05, 3.63) is 76.2 Å². The van der Waals surface area contributed by atoms with Crippen molar-refractivity contribution < 1.29 is 31.8 Å². The molecule has 2 aliphatic rings. The van der Waals surface area contributed by atoms with Crippen LogP contribution >= 0.6 is 11.3 Å². The molecule has 0 bridgehead atoms. The number of sulfonamides is 1. The predicted molar refractivity (Wildman–Crippen MR) is 145 cm³/mol. The number of nitrogens with zero attached hydrogens (tertiary/aromatic N) is 2. The van der Waals surface area contributed by atoms with Crippen molar-refractivity contribution in [2.75, 3.05) is 40.0 Å². The number of rotatable bonds is 10. The SMILES string of the molecule is COc1ccc(S(=O)(=O)N(CC(=O)N2CCc3sccc3C2COc2cccc(F)c2)CC2CCCO2)cc1. The van der Waals surface area contributed by atoms with E-state index >= 15 is 0 Å². The Balaban J connectivity index is 1.39. The van der Waals surface area contributed by atoms with Gasteiger partial charge < -0.3 is 19.1 Å². The molecule has 2 aromatic carbocycles. The average molecular weight is 575 g/mol. The maximum absolute atomic E-state index is 13.8. The Labute approximate surface area is 232 Å². The van der Waals surface area contributed by atoms with Crippen LogP contribution in [0.4, 0.5) is 4.39 Å². The highest BCUT2D eigenvalue weighted by atomic mass is 32.2. The molecule has 0 spiro atoms. The van der Waals surface area contributed by atoms with Crippen LogP contribution in [0, 0.1) is 5.82 Å². The minimum absolute atomic E-state index is 0.0823. The Morgan fingerprint density at radius 2 is 2.00 bits per heavy atom. The number of carbonyl (C=O) groups is 1. The van der Waals surface area contributed by atoms with Crippen molar-refractivity contribution in [3.8, 4) is 11.5 Å². The zero-order valence-corrected chi connectivity index (χ0v) is 23.3. The number of hydrogen-bond acceptors (Lipinski definition) is 7. The van der Waals surface area contributed by atoms with Crippen LogP contribution in [0.25, 0.3) is 0 Å². The summed E-state index contributed by atoms with van der Waals surface area (Å²) in [6, 6.07) is 13.5. The second-order valence-corrected chi connectivity index (χ2v) is 12.5. The molecular formula is C28H31FN2O6S2. The Morgan fingerprint density at radius 3 is 2.72 bits per heavy atom. The van der Waals surface area contributed by atoms with Crippen molar-refractivity contribution in [1.29, 1.82) is 0 Å². The largest absolute Gasteiger partial charge is 0.497 e. The van der Waals surface area contributed by atoms with Gasteiger partial charge in [-0.1, -0.05) is 6.07 Å². The second kappa shape index (κ2) is 12.0. The first-order valence-electron chi connectivity index (χ1n) is 12.8. The van der Waals surface area contributed by atoms with Gasteiger partial charge in [0.25, 0.3) is 0 Å². The fourth-order valence-electron chi connectivity index (χ4n) is 5.01. The molecule has 1 aromatic heterocycles. The first-order valence-corrected chi connectivity index (χ1v) is 15.2. The molecule has 0 N–H and O–H groups in total. The van der Waals surface area contributed by atoms with Crippen LogP contribution in [0.2, 0.25) is 0 Å². The summed E-state index contributed by atoms with van der Waals surface area (Å²) in [4.78, 5) is 16.7. The monoisotopic (exact) mass is 574 g/mol. The molecule has 1 saturated heterocycles. The summed E-state index contributed by atoms with van der Waals surface area (Å²) < 4.78 is 59.2. The Morgan fingerprint density at radius 1 is 1.18 bits per heavy atom. The number of thiophene rings is 1. The van der Waals surface area contributed by atoms with Crippen LogP contribution < -0.4 is 9.47 Å². The van der Waals surface area contributed by atoms with Crippen molar-refractivity contribution in [3.63, 3.8) is 0 Å². The van der Waals surface area contributed by atoms with Crippen LogP contribution in [0.15, 0.2) is 64.9 Å². The van der Waals surface area contributed by atoms with Gasteiger partial charge in [-0.2, -0.15) is 4.31 Å². The van der Waals surface area contributed by atoms with Gasteiger partial charge in [-0.25, -0.2) is 12.8 Å². The second-order valence-electron chi connectivity index (χ2n) is 9.53. The van der Waals surface area contributed by atoms with Crippen LogP contribution in [-0.4, -0.2) is 69.6 Å². The van der Waals surface area contributed by atoms with Gasteiger partial charge in [-0.05, 0) is 72.7 Å². The van der Waals surface area contributed by atoms with E-state index < -0.39 is 21.9 Å². The summed E-state index contributed by atoms with van der Waals surface area (Å²) in [5.74, 6) is 0.173. The highest BCUT2D eigenvalue weighted by Gasteiger charge is 2.36. The fourth-order valence-corrected chi connectivity index (χ4v) is 7.36. The van der Waals surface area contributed by atoms with E-state index in [0.717, 1.165) is 23.3 Å². The summed E-state index contributed by atoms with van der Waals surface area (Å²) >= 11 is 1.62. The van der Waals surface area contributed by atoms with Gasteiger partial charge in [0.15, 0.2) is 0 Å². The van der Waals surface area contributed by atoms with E-state index in [1.54, 1.807) is 40.5 Å². The minimum atomic E-state index is -4.00. The summed E-state index contributed by atoms with van der Waals surface area (Å²) in [6.45, 7) is 0.879. The number of amides is 1. The number of benzene rings is 2. The third-order valence-electron chi connectivity index (χ3n) is 7.06. The van der Waals surface area contributed by atoms with Gasteiger partial charge >= 0.3 is 0 Å². The lowest BCUT2D eigenvalue weighted by molar-refractivity contribution is -0.135. The molecule has 11 heteroatoms. The van der Waals surface area contributed by atoms with Gasteiger partial charge in [-0.3, -0.25) is 4.79 Å². The third-order valence-corrected chi connectivity index (χ3v) is 9.88. The van der Waals surface area contributed by atoms with E-state index in [1.807, 2.05) is 11.4 Å². The predicted octanol–water partition coefficient (Wildman–Crippen LogP) is 4.27. The molecule has 39 heavy (non-hydrogen) atoms. The zero-order valence-electron chi connectivity index (χ0n) is 21.6. The average Bonchev–Trinajstić information content (AvgIpc) is 3.63. The molecule has 1 fully saturated rings. The van der Waals surface area contributed by atoms with Gasteiger partial charge in [-0.15, -0.1) is 11.3 Å². The number of ether oxygens (including phenoxy) is 3. The maximum Gasteiger partial charge on any atom is 0.243 e. The number of fused-ring (bicyclic) bond motifs is 1. The highest BCUT2D eigenvalue weighted by molar-refractivity contribution is 7.89. The molecule has 208 valence electrons. The smallest absolute Gasteiger partial charge is 0.243 e. The van der Waals surface area contributed by atoms with Gasteiger partial charge in [0.05, 0.1) is 30.7 Å². The first kappa shape index (κ1) is 27.6. The third kappa shape index (κ3) is 6.27. The maximum atomic E-state index is 13.8. The quantitative estimate of drug-likeness (QED) is 0.360. The number of halogens is 1. The van der Waals surface area contributed by atoms with Crippen LogP contribution in [0.3, 0.4) is 0 Å². The summed E-state index contributed by atoms with van der Waals surface area (Å²) in [6.07, 6.45) is 1.98. The van der Waals surface area contributed by atoms with Gasteiger partial charge in [0.2, 0.25) is 15.9 Å². The van der Waals surface area contributed by atoms with Crippen molar-refractivity contribution in [2.24, 2.45) is 0 Å². The standard InChI is InChI=1S/C28H31FN2O6S2/c1-35-21-7-9-24(10-8-21)39(33,34)30(17-23-6-3-14-36-23)18-28(32)31-13-11-27-25(12-15-38-27)26(31)19-37-22-5-2-4-20(29)16-22/h2,4-5,7-10,12,15-16,23,26H,3,6,11,13-14,17-19H2,1H3. The van der Waals surface area contributed by atoms with E-state index in [0.29, 0.717) is 31.1 Å². The molecule has 0 saturated carbocycles. The summed E-state index contributed by atoms with van der Waals surface area (Å²) in [5, 5.41) is 1.98. The van der Waals surface area contributed by atoms with Gasteiger partial charge in [0.1, 0.15) is 23.9 Å². The summed E-state index contributed by atoms with van der Waals surface area (Å²) in [7, 11) is -2.48. The molecule has 3 aromatic rings. The van der Waals surface area contributed by atoms with E-state index in [1.165, 1.54) is 35.7 Å². The molecule has 3 heterocycles. The number of methoxy groups -OCH3 is 1. The molecule has 0 radical (unpaired) electrons. The molecule has 2 aliphatic heterocycles. The van der Waals surface area contributed by atoms with Crippen LogP contribution in [-0.2, 0) is 26.0 Å². The molecule has 8 nitrogen and oxygen atoms in total. The normalized spacial score (nSPS) is 19.2. The molecular weight excluding hydrogens is 543 g/mol. The lowest BCUT2D eigenvalue weighted by atomic mass is 10.0. The molecule has 2 unspecified atom stereocenters. The Kier molecular flexibility index (Phi) is 8.51. The summed E-state index contributed by atoms with van der Waals surface area (Å²) in [5.41, 5.74) is 0.972. The Bertz CT molecular complexity index is 1390. The van der Waals surface area contributed by atoms with Crippen molar-refractivity contribution in [2.45, 2.75) is 36.3 Å². The number of hydrogen-bond donors (Lipinski definition) is 0. The van der Waals surface area contributed by atoms with Crippen LogP contribution in [0.1, 0.15) is 29.3 Å². The first-order chi connectivity index (χ1) is 18.8. The topological polar surface area (TPSA) is 85.4 Å². The fraction of sp³-hybridized carbons (Fsp3) is 0.393. The Hall–Kier alpha value is -2.99. The minimum Gasteiger partial charge on any atom is -0.497 e. The highest BCUT2D eigenvalue weighted by Crippen LogP contribution is 2.34. The van der Waals surface area contributed by atoms with Crippen molar-refractivity contribution in [1.82, 2.24) is 9.21 Å². The molecule has 0 aliphatic carbocycles. The van der Waals surface area contributed by atoms with E-state index in [9.17, 15) is 17.6 Å². The van der Waals surface area contributed by atoms with E-state index in [2.05, 4.69) is 0 Å². The molecule has 2 atom stereocenters. The van der Waals surface area contributed by atoms with Crippen molar-refractivity contribution >= 4 is 27.3 Å². The number of carbonyl (C=O) groups excluding carboxylic acids is 1. The zero-order chi connectivity index (χ0) is 27.4. The lowest BCUT2D eigenvalue weighted by Crippen LogP contribution is -2.49. The van der Waals surface area contributed by atoms with Gasteiger partial charge in [0, 0.05) is 30.6 Å². The van der Waals surface area contributed by atoms with E-state index in [4.69, 9.17) is 14.2 Å².